The van der Waals surface area contributed by atoms with Gasteiger partial charge in [-0.2, -0.15) is 5.26 Å². The molecular formula is C14H26N2O4. The second-order valence-corrected chi connectivity index (χ2v) is 5.43. The molecule has 0 aromatic heterocycles. The van der Waals surface area contributed by atoms with Gasteiger partial charge in [-0.1, -0.05) is 13.8 Å². The lowest BCUT2D eigenvalue weighted by molar-refractivity contribution is -0.0183. The van der Waals surface area contributed by atoms with Gasteiger partial charge in [-0.3, -0.25) is 0 Å². The first-order valence-electron chi connectivity index (χ1n) is 6.96. The summed E-state index contributed by atoms with van der Waals surface area (Å²) in [6.45, 7) is 10.1. The van der Waals surface area contributed by atoms with E-state index in [-0.39, 0.29) is 0 Å². The number of nitrogens with zero attached hydrogens (tertiary/aromatic N) is 1. The molecule has 1 unspecified atom stereocenters. The van der Waals surface area contributed by atoms with Gasteiger partial charge >= 0.3 is 6.09 Å². The van der Waals surface area contributed by atoms with Crippen LogP contribution in [0.25, 0.3) is 0 Å². The molecule has 1 heterocycles. The van der Waals surface area contributed by atoms with Crippen LogP contribution in [0.4, 0.5) is 4.79 Å². The van der Waals surface area contributed by atoms with Gasteiger partial charge in [0.25, 0.3) is 0 Å². The summed E-state index contributed by atoms with van der Waals surface area (Å²) in [7, 11) is 0. The highest BCUT2D eigenvalue weighted by molar-refractivity contribution is 5.69. The van der Waals surface area contributed by atoms with Gasteiger partial charge < -0.3 is 19.9 Å². The first kappa shape index (κ1) is 18.7. The van der Waals surface area contributed by atoms with Gasteiger partial charge in [0, 0.05) is 13.2 Å². The van der Waals surface area contributed by atoms with Gasteiger partial charge in [0.05, 0.1) is 11.6 Å². The van der Waals surface area contributed by atoms with E-state index in [4.69, 9.17) is 14.7 Å². The molecule has 0 aliphatic carbocycles. The Balaban J connectivity index is 0.00000172. The molecule has 0 saturated carbocycles. The third-order valence-electron chi connectivity index (χ3n) is 2.78. The number of hydrogen-bond acceptors (Lipinski definition) is 5. The molecule has 1 aliphatic heterocycles. The van der Waals surface area contributed by atoms with Crippen molar-refractivity contribution in [2.45, 2.75) is 64.7 Å². The standard InChI is InChI=1S/C12H20N2O4.C2H6/c1-11(2,3)18-10(16)14-12(9(15)8-13)4-6-17-7-5-12;1-2/h9,15H,4-7H2,1-3H3,(H,14,16);1-2H3. The lowest BCUT2D eigenvalue weighted by Crippen LogP contribution is -2.59. The quantitative estimate of drug-likeness (QED) is 0.757. The van der Waals surface area contributed by atoms with E-state index in [0.29, 0.717) is 26.1 Å². The van der Waals surface area contributed by atoms with E-state index in [1.165, 1.54) is 0 Å². The van der Waals surface area contributed by atoms with Crippen molar-refractivity contribution in [3.63, 3.8) is 0 Å². The van der Waals surface area contributed by atoms with E-state index in [1.807, 2.05) is 13.8 Å². The normalized spacial score (nSPS) is 18.9. The van der Waals surface area contributed by atoms with Crippen LogP contribution >= 0.6 is 0 Å². The Labute approximate surface area is 121 Å². The molecule has 1 fully saturated rings. The van der Waals surface area contributed by atoms with Crippen molar-refractivity contribution in [2.24, 2.45) is 0 Å². The smallest absolute Gasteiger partial charge is 0.408 e. The fourth-order valence-electron chi connectivity index (χ4n) is 1.83. The molecule has 116 valence electrons. The summed E-state index contributed by atoms with van der Waals surface area (Å²) >= 11 is 0. The number of hydrogen-bond donors (Lipinski definition) is 2. The van der Waals surface area contributed by atoms with E-state index in [9.17, 15) is 9.90 Å². The molecule has 0 bridgehead atoms. The van der Waals surface area contributed by atoms with Crippen LogP contribution in [0, 0.1) is 11.3 Å². The Bertz CT molecular complexity index is 338. The number of nitriles is 1. The SMILES string of the molecule is CC.CC(C)(C)OC(=O)NC1(C(O)C#N)CCOCC1. The van der Waals surface area contributed by atoms with E-state index >= 15 is 0 Å². The van der Waals surface area contributed by atoms with Crippen LogP contribution in [0.5, 0.6) is 0 Å². The molecular weight excluding hydrogens is 260 g/mol. The number of alkyl carbamates (subject to hydrolysis) is 1. The van der Waals surface area contributed by atoms with Crippen molar-refractivity contribution >= 4 is 6.09 Å². The fraction of sp³-hybridized carbons (Fsp3) is 0.857. The van der Waals surface area contributed by atoms with Gasteiger partial charge in [-0.25, -0.2) is 4.79 Å². The second-order valence-electron chi connectivity index (χ2n) is 5.43. The molecule has 6 nitrogen and oxygen atoms in total. The zero-order valence-electron chi connectivity index (χ0n) is 13.0. The van der Waals surface area contributed by atoms with Gasteiger partial charge in [0.2, 0.25) is 0 Å². The molecule has 1 atom stereocenters. The minimum Gasteiger partial charge on any atom is -0.444 e. The van der Waals surface area contributed by atoms with Crippen molar-refractivity contribution in [3.05, 3.63) is 0 Å². The van der Waals surface area contributed by atoms with Crippen LogP contribution in [-0.4, -0.2) is 41.7 Å². The molecule has 1 amide bonds. The van der Waals surface area contributed by atoms with Crippen LogP contribution in [-0.2, 0) is 9.47 Å². The van der Waals surface area contributed by atoms with E-state index in [1.54, 1.807) is 26.8 Å². The van der Waals surface area contributed by atoms with Crippen LogP contribution in [0.3, 0.4) is 0 Å². The lowest BCUT2D eigenvalue weighted by atomic mass is 9.85. The third-order valence-corrected chi connectivity index (χ3v) is 2.78. The maximum absolute atomic E-state index is 11.8. The number of ether oxygens (including phenoxy) is 2. The summed E-state index contributed by atoms with van der Waals surface area (Å²) in [4.78, 5) is 11.8. The first-order chi connectivity index (χ1) is 9.29. The zero-order chi connectivity index (χ0) is 15.8. The molecule has 0 aromatic carbocycles. The summed E-state index contributed by atoms with van der Waals surface area (Å²) in [6.07, 6.45) is -1.12. The van der Waals surface area contributed by atoms with E-state index in [0.717, 1.165) is 0 Å². The summed E-state index contributed by atoms with van der Waals surface area (Å²) in [5.74, 6) is 0. The number of carbonyl (C=O) groups excluding carboxylic acids is 1. The molecule has 0 radical (unpaired) electrons. The highest BCUT2D eigenvalue weighted by atomic mass is 16.6. The Hall–Kier alpha value is -1.32. The molecule has 1 saturated heterocycles. The molecule has 20 heavy (non-hydrogen) atoms. The largest absolute Gasteiger partial charge is 0.444 e. The first-order valence-corrected chi connectivity index (χ1v) is 6.96. The van der Waals surface area contributed by atoms with Crippen molar-refractivity contribution in [2.75, 3.05) is 13.2 Å². The summed E-state index contributed by atoms with van der Waals surface area (Å²) in [5, 5.41) is 21.3. The number of carbonyl (C=O) groups is 1. The minimum absolute atomic E-state index is 0.390. The zero-order valence-corrected chi connectivity index (χ0v) is 13.0. The predicted molar refractivity (Wildman–Crippen MR) is 75.1 cm³/mol. The molecule has 0 aromatic rings. The van der Waals surface area contributed by atoms with Crippen LogP contribution in [0.15, 0.2) is 0 Å². The molecule has 0 spiro atoms. The summed E-state index contributed by atoms with van der Waals surface area (Å²) in [6, 6.07) is 1.77. The van der Waals surface area contributed by atoms with Crippen LogP contribution < -0.4 is 5.32 Å². The Morgan fingerprint density at radius 2 is 1.90 bits per heavy atom. The molecule has 1 rings (SSSR count). The van der Waals surface area contributed by atoms with Gasteiger partial charge in [-0.15, -0.1) is 0 Å². The van der Waals surface area contributed by atoms with Gasteiger partial charge in [0.1, 0.15) is 5.60 Å². The second kappa shape index (κ2) is 8.08. The predicted octanol–water partition coefficient (Wildman–Crippen LogP) is 1.97. The molecule has 1 aliphatic rings. The maximum atomic E-state index is 11.8. The average molecular weight is 286 g/mol. The van der Waals surface area contributed by atoms with Crippen molar-refractivity contribution in [3.8, 4) is 6.07 Å². The Morgan fingerprint density at radius 1 is 1.40 bits per heavy atom. The van der Waals surface area contributed by atoms with Crippen molar-refractivity contribution in [1.82, 2.24) is 5.32 Å². The lowest BCUT2D eigenvalue weighted by Gasteiger charge is -2.39. The van der Waals surface area contributed by atoms with E-state index in [2.05, 4.69) is 5.32 Å². The molecule has 2 N–H and O–H groups in total. The number of amides is 1. The van der Waals surface area contributed by atoms with Crippen LogP contribution in [0.1, 0.15) is 47.5 Å². The monoisotopic (exact) mass is 286 g/mol. The topological polar surface area (TPSA) is 91.6 Å². The van der Waals surface area contributed by atoms with Crippen molar-refractivity contribution in [1.29, 1.82) is 5.26 Å². The van der Waals surface area contributed by atoms with Crippen LogP contribution in [0.2, 0.25) is 0 Å². The van der Waals surface area contributed by atoms with Crippen molar-refractivity contribution < 1.29 is 19.4 Å². The third kappa shape index (κ3) is 5.76. The number of rotatable bonds is 2. The number of nitrogens with one attached hydrogen (secondary N) is 1. The maximum Gasteiger partial charge on any atom is 0.408 e. The average Bonchev–Trinajstić information content (AvgIpc) is 2.38. The Morgan fingerprint density at radius 3 is 2.30 bits per heavy atom. The summed E-state index contributed by atoms with van der Waals surface area (Å²) < 4.78 is 10.3. The highest BCUT2D eigenvalue weighted by Crippen LogP contribution is 2.25. The van der Waals surface area contributed by atoms with Gasteiger partial charge in [0.15, 0.2) is 6.10 Å². The minimum atomic E-state index is -1.27. The Kier molecular flexibility index (Phi) is 7.54. The van der Waals surface area contributed by atoms with Gasteiger partial charge in [-0.05, 0) is 33.6 Å². The number of aliphatic hydroxyl groups is 1. The number of aliphatic hydroxyl groups excluding tert-OH is 1. The van der Waals surface area contributed by atoms with E-state index < -0.39 is 23.3 Å². The molecule has 6 heteroatoms. The fourth-order valence-corrected chi connectivity index (χ4v) is 1.83. The summed E-state index contributed by atoms with van der Waals surface area (Å²) in [5.41, 5.74) is -1.59. The highest BCUT2D eigenvalue weighted by Gasteiger charge is 2.42.